The lowest BCUT2D eigenvalue weighted by Crippen LogP contribution is -2.13. The van der Waals surface area contributed by atoms with Crippen molar-refractivity contribution in [2.75, 3.05) is 5.32 Å². The van der Waals surface area contributed by atoms with E-state index in [4.69, 9.17) is 0 Å². The van der Waals surface area contributed by atoms with Crippen LogP contribution in [-0.4, -0.2) is 5.91 Å². The largest absolute Gasteiger partial charge is 0.316 e. The predicted molar refractivity (Wildman–Crippen MR) is 74.0 cm³/mol. The number of amides is 1. The van der Waals surface area contributed by atoms with Crippen LogP contribution in [-0.2, 0) is 0 Å². The molecule has 1 N–H and O–H groups in total. The highest BCUT2D eigenvalue weighted by Crippen LogP contribution is 2.33. The Morgan fingerprint density at radius 3 is 2.16 bits per heavy atom. The Balaban J connectivity index is 2.29. The van der Waals surface area contributed by atoms with Crippen LogP contribution in [0.2, 0.25) is 0 Å². The summed E-state index contributed by atoms with van der Waals surface area (Å²) in [6.45, 7) is 0. The number of hydrogen-bond acceptors (Lipinski definition) is 2. The van der Waals surface area contributed by atoms with Crippen molar-refractivity contribution < 1.29 is 18.0 Å². The normalized spacial score (nSPS) is 10.6. The number of hydrogen-bond donors (Lipinski definition) is 1. The van der Waals surface area contributed by atoms with Crippen LogP contribution < -0.4 is 5.32 Å². The molecule has 0 aliphatic heterocycles. The average molecular weight is 415 g/mol. The van der Waals surface area contributed by atoms with Gasteiger partial charge in [-0.15, -0.1) is 11.3 Å². The quantitative estimate of drug-likeness (QED) is 0.740. The van der Waals surface area contributed by atoms with E-state index in [9.17, 15) is 18.0 Å². The summed E-state index contributed by atoms with van der Waals surface area (Å²) < 4.78 is 40.8. The summed E-state index contributed by atoms with van der Waals surface area (Å²) in [5, 5.41) is 2.08. The van der Waals surface area contributed by atoms with Crippen molar-refractivity contribution in [3.05, 3.63) is 48.8 Å². The van der Waals surface area contributed by atoms with E-state index in [1.54, 1.807) is 0 Å². The maximum absolute atomic E-state index is 13.4. The van der Waals surface area contributed by atoms with Crippen LogP contribution in [0.4, 0.5) is 18.9 Å². The number of halogens is 5. The van der Waals surface area contributed by atoms with Crippen molar-refractivity contribution in [2.24, 2.45) is 0 Å². The molecule has 0 unspecified atom stereocenters. The Morgan fingerprint density at radius 2 is 1.68 bits per heavy atom. The van der Waals surface area contributed by atoms with Gasteiger partial charge in [-0.1, -0.05) is 0 Å². The summed E-state index contributed by atoms with van der Waals surface area (Å²) in [5.41, 5.74) is -0.674. The summed E-state index contributed by atoms with van der Waals surface area (Å²) in [6.07, 6.45) is 0. The molecule has 2 nitrogen and oxygen atoms in total. The van der Waals surface area contributed by atoms with Gasteiger partial charge < -0.3 is 5.32 Å². The molecule has 2 rings (SSSR count). The number of nitrogens with one attached hydrogen (secondary N) is 1. The van der Waals surface area contributed by atoms with E-state index in [1.807, 2.05) is 0 Å². The van der Waals surface area contributed by atoms with Gasteiger partial charge in [-0.2, -0.15) is 0 Å². The van der Waals surface area contributed by atoms with E-state index >= 15 is 0 Å². The molecule has 1 amide bonds. The van der Waals surface area contributed by atoms with Gasteiger partial charge in [-0.3, -0.25) is 4.79 Å². The summed E-state index contributed by atoms with van der Waals surface area (Å²) in [6, 6.07) is 2.50. The average Bonchev–Trinajstić information content (AvgIpc) is 2.64. The third-order valence-electron chi connectivity index (χ3n) is 2.11. The third kappa shape index (κ3) is 3.18. The lowest BCUT2D eigenvalue weighted by molar-refractivity contribution is 0.102. The topological polar surface area (TPSA) is 29.1 Å². The first-order chi connectivity index (χ1) is 8.88. The lowest BCUT2D eigenvalue weighted by Gasteiger charge is -2.06. The highest BCUT2D eigenvalue weighted by molar-refractivity contribution is 9.13. The van der Waals surface area contributed by atoms with E-state index < -0.39 is 29.0 Å². The Kier molecular flexibility index (Phi) is 4.32. The van der Waals surface area contributed by atoms with Gasteiger partial charge in [-0.05, 0) is 37.9 Å². The van der Waals surface area contributed by atoms with Gasteiger partial charge in [0, 0.05) is 16.6 Å². The maximum atomic E-state index is 13.4. The number of anilines is 1. The molecule has 100 valence electrons. The van der Waals surface area contributed by atoms with Crippen LogP contribution in [0.1, 0.15) is 9.67 Å². The molecule has 1 aromatic heterocycles. The molecule has 2 aromatic rings. The summed E-state index contributed by atoms with van der Waals surface area (Å²) >= 11 is 7.49. The number of carbonyl (C=O) groups is 1. The molecule has 1 heterocycles. The minimum atomic E-state index is -1.17. The van der Waals surface area contributed by atoms with E-state index in [1.165, 1.54) is 6.07 Å². The Bertz CT molecular complexity index is 617. The fraction of sp³-hybridized carbons (Fsp3) is 0. The van der Waals surface area contributed by atoms with Crippen LogP contribution in [0.5, 0.6) is 0 Å². The Hall–Kier alpha value is -0.860. The minimum absolute atomic E-state index is 0.252. The van der Waals surface area contributed by atoms with E-state index in [0.29, 0.717) is 20.4 Å². The fourth-order valence-corrected chi connectivity index (χ4v) is 3.23. The van der Waals surface area contributed by atoms with Crippen molar-refractivity contribution in [3.63, 3.8) is 0 Å². The first kappa shape index (κ1) is 14.5. The minimum Gasteiger partial charge on any atom is -0.316 e. The first-order valence-corrected chi connectivity index (χ1v) is 7.19. The number of benzene rings is 1. The van der Waals surface area contributed by atoms with Gasteiger partial charge in [-0.25, -0.2) is 13.2 Å². The lowest BCUT2D eigenvalue weighted by atomic mass is 10.2. The molecule has 8 heteroatoms. The first-order valence-electron chi connectivity index (χ1n) is 4.79. The van der Waals surface area contributed by atoms with Gasteiger partial charge >= 0.3 is 0 Å². The predicted octanol–water partition coefficient (Wildman–Crippen LogP) is 4.94. The molecular formula is C11H4Br2F3NOS. The second-order valence-corrected chi connectivity index (χ2v) is 6.66. The van der Waals surface area contributed by atoms with Gasteiger partial charge in [0.05, 0.1) is 8.66 Å². The SMILES string of the molecule is O=C(Nc1c(F)cc(F)cc1F)c1cc(Br)c(Br)s1. The number of thiophene rings is 1. The molecule has 0 spiro atoms. The zero-order chi connectivity index (χ0) is 14.2. The van der Waals surface area contributed by atoms with E-state index in [-0.39, 0.29) is 4.88 Å². The van der Waals surface area contributed by atoms with Crippen LogP contribution in [0.25, 0.3) is 0 Å². The molecule has 1 aromatic carbocycles. The van der Waals surface area contributed by atoms with Crippen molar-refractivity contribution in [3.8, 4) is 0 Å². The van der Waals surface area contributed by atoms with Gasteiger partial charge in [0.1, 0.15) is 11.5 Å². The molecule has 0 radical (unpaired) electrons. The van der Waals surface area contributed by atoms with Crippen LogP contribution in [0, 0.1) is 17.5 Å². The Labute approximate surface area is 126 Å². The summed E-state index contributed by atoms with van der Waals surface area (Å²) in [4.78, 5) is 12.1. The molecule has 0 aliphatic rings. The van der Waals surface area contributed by atoms with E-state index in [0.717, 1.165) is 11.3 Å². The summed E-state index contributed by atoms with van der Waals surface area (Å²) in [7, 11) is 0. The zero-order valence-corrected chi connectivity index (χ0v) is 12.9. The van der Waals surface area contributed by atoms with Crippen LogP contribution in [0.15, 0.2) is 26.5 Å². The van der Waals surface area contributed by atoms with Crippen LogP contribution >= 0.6 is 43.2 Å². The van der Waals surface area contributed by atoms with Crippen molar-refractivity contribution >= 4 is 54.8 Å². The smallest absolute Gasteiger partial charge is 0.265 e. The van der Waals surface area contributed by atoms with Crippen molar-refractivity contribution in [1.82, 2.24) is 0 Å². The third-order valence-corrected chi connectivity index (χ3v) is 5.37. The molecular weight excluding hydrogens is 411 g/mol. The van der Waals surface area contributed by atoms with Crippen molar-refractivity contribution in [1.29, 1.82) is 0 Å². The van der Waals surface area contributed by atoms with Gasteiger partial charge in [0.15, 0.2) is 11.6 Å². The number of rotatable bonds is 2. The monoisotopic (exact) mass is 413 g/mol. The zero-order valence-electron chi connectivity index (χ0n) is 8.94. The molecule has 0 fully saturated rings. The molecule has 0 aliphatic carbocycles. The fourth-order valence-electron chi connectivity index (χ4n) is 1.30. The van der Waals surface area contributed by atoms with E-state index in [2.05, 4.69) is 37.2 Å². The Morgan fingerprint density at radius 1 is 1.11 bits per heavy atom. The molecule has 0 saturated heterocycles. The standard InChI is InChI=1S/C11H4Br2F3NOS/c12-5-3-8(19-10(5)13)11(18)17-9-6(15)1-4(14)2-7(9)16/h1-3H,(H,17,18). The molecule has 19 heavy (non-hydrogen) atoms. The van der Waals surface area contributed by atoms with Crippen molar-refractivity contribution in [2.45, 2.75) is 0 Å². The second-order valence-electron chi connectivity index (χ2n) is 3.43. The molecule has 0 saturated carbocycles. The highest BCUT2D eigenvalue weighted by atomic mass is 79.9. The molecule has 0 bridgehead atoms. The highest BCUT2D eigenvalue weighted by Gasteiger charge is 2.17. The number of carbonyl (C=O) groups excluding carboxylic acids is 1. The summed E-state index contributed by atoms with van der Waals surface area (Å²) in [5.74, 6) is -4.06. The van der Waals surface area contributed by atoms with Gasteiger partial charge in [0.2, 0.25) is 0 Å². The maximum Gasteiger partial charge on any atom is 0.265 e. The van der Waals surface area contributed by atoms with Crippen LogP contribution in [0.3, 0.4) is 0 Å². The van der Waals surface area contributed by atoms with Gasteiger partial charge in [0.25, 0.3) is 5.91 Å². The second kappa shape index (κ2) is 5.64. The molecule has 0 atom stereocenters.